The average molecular weight is 434 g/mol. The van der Waals surface area contributed by atoms with E-state index < -0.39 is 5.76 Å². The Bertz CT molecular complexity index is 1250. The third-order valence-electron chi connectivity index (χ3n) is 4.09. The smallest absolute Gasteiger partial charge is 0.408 e. The molecule has 0 aliphatic carbocycles. The molecule has 0 aliphatic rings. The lowest BCUT2D eigenvalue weighted by Gasteiger charge is -2.08. The van der Waals surface area contributed by atoms with Crippen LogP contribution in [-0.4, -0.2) is 21.6 Å². The van der Waals surface area contributed by atoms with Gasteiger partial charge in [0.2, 0.25) is 5.91 Å². The van der Waals surface area contributed by atoms with Crippen molar-refractivity contribution in [2.45, 2.75) is 11.4 Å². The minimum Gasteiger partial charge on any atom is -0.408 e. The quantitative estimate of drug-likeness (QED) is 0.455. The van der Waals surface area contributed by atoms with Crippen LogP contribution in [0.5, 0.6) is 0 Å². The van der Waals surface area contributed by atoms with Gasteiger partial charge in [0.1, 0.15) is 0 Å². The Morgan fingerprint density at radius 1 is 1.21 bits per heavy atom. The summed E-state index contributed by atoms with van der Waals surface area (Å²) in [5, 5.41) is 4.83. The van der Waals surface area contributed by atoms with Crippen LogP contribution in [0.25, 0.3) is 22.0 Å². The molecule has 2 aromatic carbocycles. The van der Waals surface area contributed by atoms with Gasteiger partial charge in [-0.1, -0.05) is 29.3 Å². The second-order valence-electron chi connectivity index (χ2n) is 5.99. The van der Waals surface area contributed by atoms with Crippen molar-refractivity contribution in [3.63, 3.8) is 0 Å². The van der Waals surface area contributed by atoms with Crippen molar-refractivity contribution in [1.29, 1.82) is 0 Å². The van der Waals surface area contributed by atoms with E-state index in [0.717, 1.165) is 15.8 Å². The van der Waals surface area contributed by atoms with Crippen LogP contribution in [0.1, 0.15) is 5.56 Å². The molecule has 0 atom stereocenters. The van der Waals surface area contributed by atoms with Crippen molar-refractivity contribution < 1.29 is 9.21 Å². The molecule has 0 unspecified atom stereocenters. The number of hydrogen-bond acceptors (Lipinski definition) is 5. The molecule has 4 aromatic rings. The SMILES string of the molecule is O=C(CSc1ccnc2cc(Cl)ccc12)NCc1cc2oc(=O)[nH]c2cc1Cl. The Morgan fingerprint density at radius 3 is 2.93 bits per heavy atom. The van der Waals surface area contributed by atoms with Crippen molar-refractivity contribution in [3.8, 4) is 0 Å². The summed E-state index contributed by atoms with van der Waals surface area (Å²) in [5.74, 6) is -0.453. The van der Waals surface area contributed by atoms with Crippen LogP contribution < -0.4 is 11.1 Å². The first-order chi connectivity index (χ1) is 13.5. The van der Waals surface area contributed by atoms with E-state index in [1.807, 2.05) is 12.1 Å². The van der Waals surface area contributed by atoms with Crippen LogP contribution in [0.2, 0.25) is 10.0 Å². The van der Waals surface area contributed by atoms with Crippen molar-refractivity contribution >= 4 is 62.9 Å². The van der Waals surface area contributed by atoms with Gasteiger partial charge in [0.25, 0.3) is 0 Å². The van der Waals surface area contributed by atoms with Gasteiger partial charge in [-0.05, 0) is 35.9 Å². The number of nitrogens with one attached hydrogen (secondary N) is 2. The summed E-state index contributed by atoms with van der Waals surface area (Å²) in [7, 11) is 0. The molecule has 0 fully saturated rings. The highest BCUT2D eigenvalue weighted by Gasteiger charge is 2.10. The largest absolute Gasteiger partial charge is 0.417 e. The third kappa shape index (κ3) is 4.01. The number of hydrogen-bond donors (Lipinski definition) is 2. The lowest BCUT2D eigenvalue weighted by Crippen LogP contribution is -2.24. The van der Waals surface area contributed by atoms with Crippen LogP contribution in [0.3, 0.4) is 0 Å². The number of carbonyl (C=O) groups excluding carboxylic acids is 1. The molecule has 0 aliphatic heterocycles. The predicted octanol–water partition coefficient (Wildman–Crippen LogP) is 4.38. The summed E-state index contributed by atoms with van der Waals surface area (Å²) in [6, 6.07) is 10.6. The van der Waals surface area contributed by atoms with Gasteiger partial charge in [-0.3, -0.25) is 14.8 Å². The van der Waals surface area contributed by atoms with Gasteiger partial charge < -0.3 is 9.73 Å². The van der Waals surface area contributed by atoms with Crippen molar-refractivity contribution in [1.82, 2.24) is 15.3 Å². The predicted molar refractivity (Wildman–Crippen MR) is 111 cm³/mol. The zero-order chi connectivity index (χ0) is 19.7. The Morgan fingerprint density at radius 2 is 2.07 bits per heavy atom. The monoisotopic (exact) mass is 433 g/mol. The third-order valence-corrected chi connectivity index (χ3v) is 5.75. The topological polar surface area (TPSA) is 88.0 Å². The summed E-state index contributed by atoms with van der Waals surface area (Å²) in [6.45, 7) is 0.232. The minimum atomic E-state index is -0.547. The molecule has 2 aromatic heterocycles. The Balaban J connectivity index is 1.41. The fourth-order valence-corrected chi connectivity index (χ4v) is 4.03. The number of aromatic nitrogens is 2. The standard InChI is InChI=1S/C19H13Cl2N3O3S/c20-11-1-2-12-14(6-11)22-4-3-17(12)28-9-18(25)23-8-10-5-16-15(7-13(10)21)24-19(26)27-16/h1-7H,8-9H2,(H,23,25)(H,24,26). The van der Waals surface area contributed by atoms with Crippen molar-refractivity contribution in [2.24, 2.45) is 0 Å². The number of pyridine rings is 1. The first-order valence-corrected chi connectivity index (χ1v) is 9.99. The molecule has 4 rings (SSSR count). The molecule has 0 radical (unpaired) electrons. The van der Waals surface area contributed by atoms with Crippen LogP contribution in [0.15, 0.2) is 56.7 Å². The first kappa shape index (κ1) is 18.9. The van der Waals surface area contributed by atoms with Crippen LogP contribution >= 0.6 is 35.0 Å². The normalized spacial score (nSPS) is 11.2. The molecule has 1 amide bonds. The maximum atomic E-state index is 12.3. The average Bonchev–Trinajstić information content (AvgIpc) is 3.02. The number of thioether (sulfide) groups is 1. The molecule has 9 heteroatoms. The maximum Gasteiger partial charge on any atom is 0.417 e. The van der Waals surface area contributed by atoms with E-state index in [1.54, 1.807) is 30.5 Å². The number of carbonyl (C=O) groups is 1. The van der Waals surface area contributed by atoms with Gasteiger partial charge in [-0.2, -0.15) is 0 Å². The lowest BCUT2D eigenvalue weighted by molar-refractivity contribution is -0.118. The van der Waals surface area contributed by atoms with E-state index in [-0.39, 0.29) is 18.2 Å². The van der Waals surface area contributed by atoms with Crippen molar-refractivity contribution in [2.75, 3.05) is 5.75 Å². The molecular formula is C19H13Cl2N3O3S. The van der Waals surface area contributed by atoms with E-state index >= 15 is 0 Å². The zero-order valence-corrected chi connectivity index (χ0v) is 16.6. The number of aromatic amines is 1. The second-order valence-corrected chi connectivity index (χ2v) is 7.85. The number of benzene rings is 2. The number of H-pyrrole nitrogens is 1. The maximum absolute atomic E-state index is 12.3. The number of fused-ring (bicyclic) bond motifs is 2. The Labute approximate surface area is 173 Å². The highest BCUT2D eigenvalue weighted by atomic mass is 35.5. The van der Waals surface area contributed by atoms with Gasteiger partial charge in [0.05, 0.1) is 16.8 Å². The summed E-state index contributed by atoms with van der Waals surface area (Å²) in [6.07, 6.45) is 1.69. The van der Waals surface area contributed by atoms with Gasteiger partial charge in [-0.15, -0.1) is 11.8 Å². The molecule has 0 saturated carbocycles. The highest BCUT2D eigenvalue weighted by molar-refractivity contribution is 8.00. The first-order valence-electron chi connectivity index (χ1n) is 8.24. The Hall–Kier alpha value is -2.48. The molecular weight excluding hydrogens is 421 g/mol. The molecule has 142 valence electrons. The zero-order valence-electron chi connectivity index (χ0n) is 14.3. The van der Waals surface area contributed by atoms with Crippen LogP contribution in [0, 0.1) is 0 Å². The number of oxazole rings is 1. The van der Waals surface area contributed by atoms with Gasteiger partial charge in [0.15, 0.2) is 5.58 Å². The minimum absolute atomic E-state index is 0.143. The van der Waals surface area contributed by atoms with Gasteiger partial charge >= 0.3 is 5.76 Å². The van der Waals surface area contributed by atoms with Crippen molar-refractivity contribution in [3.05, 3.63) is 68.8 Å². The number of nitrogens with zero attached hydrogens (tertiary/aromatic N) is 1. The molecule has 2 heterocycles. The highest BCUT2D eigenvalue weighted by Crippen LogP contribution is 2.28. The van der Waals surface area contributed by atoms with E-state index in [4.69, 9.17) is 27.6 Å². The molecule has 0 saturated heterocycles. The Kier molecular flexibility index (Phi) is 5.30. The lowest BCUT2D eigenvalue weighted by atomic mass is 10.2. The molecule has 0 spiro atoms. The van der Waals surface area contributed by atoms with E-state index in [0.29, 0.717) is 26.7 Å². The summed E-state index contributed by atoms with van der Waals surface area (Å²) < 4.78 is 5.02. The molecule has 6 nitrogen and oxygen atoms in total. The van der Waals surface area contributed by atoms with Gasteiger partial charge in [-0.25, -0.2) is 4.79 Å². The number of rotatable bonds is 5. The fourth-order valence-electron chi connectivity index (χ4n) is 2.76. The summed E-state index contributed by atoms with van der Waals surface area (Å²) in [5.41, 5.74) is 2.37. The summed E-state index contributed by atoms with van der Waals surface area (Å²) in [4.78, 5) is 31.3. The van der Waals surface area contributed by atoms with E-state index in [9.17, 15) is 9.59 Å². The molecule has 2 N–H and O–H groups in total. The number of halogens is 2. The summed E-state index contributed by atoms with van der Waals surface area (Å²) >= 11 is 13.6. The molecule has 0 bridgehead atoms. The van der Waals surface area contributed by atoms with E-state index in [2.05, 4.69) is 15.3 Å². The number of amides is 1. The van der Waals surface area contributed by atoms with Crippen LogP contribution in [-0.2, 0) is 11.3 Å². The fraction of sp³-hybridized carbons (Fsp3) is 0.105. The second kappa shape index (κ2) is 7.87. The molecule has 28 heavy (non-hydrogen) atoms. The van der Waals surface area contributed by atoms with Crippen LogP contribution in [0.4, 0.5) is 0 Å². The van der Waals surface area contributed by atoms with E-state index in [1.165, 1.54) is 11.8 Å². The van der Waals surface area contributed by atoms with Gasteiger partial charge in [0, 0.05) is 33.1 Å².